The van der Waals surface area contributed by atoms with Gasteiger partial charge in [-0.05, 0) is 47.2 Å². The highest BCUT2D eigenvalue weighted by molar-refractivity contribution is 5.77. The van der Waals surface area contributed by atoms with E-state index in [0.29, 0.717) is 11.8 Å². The van der Waals surface area contributed by atoms with Gasteiger partial charge in [-0.2, -0.15) is 4.57 Å². The molecule has 0 unspecified atom stereocenters. The third-order valence-electron chi connectivity index (χ3n) is 6.46. The van der Waals surface area contributed by atoms with Crippen molar-refractivity contribution in [2.45, 2.75) is 39.5 Å². The quantitative estimate of drug-likeness (QED) is 0.251. The summed E-state index contributed by atoms with van der Waals surface area (Å²) in [5.41, 5.74) is 10.2. The highest BCUT2D eigenvalue weighted by Gasteiger charge is 2.26. The van der Waals surface area contributed by atoms with Gasteiger partial charge in [0.25, 0.3) is 6.33 Å². The van der Waals surface area contributed by atoms with Crippen LogP contribution in [0, 0.1) is 0 Å². The minimum Gasteiger partial charge on any atom is -0.201 e. The zero-order valence-corrected chi connectivity index (χ0v) is 19.9. The molecule has 5 rings (SSSR count). The summed E-state index contributed by atoms with van der Waals surface area (Å²) in [6.45, 7) is 9.14. The second-order valence-electron chi connectivity index (χ2n) is 9.37. The maximum atomic E-state index is 2.41. The van der Waals surface area contributed by atoms with Gasteiger partial charge >= 0.3 is 0 Å². The monoisotopic (exact) mass is 431 g/mol. The van der Waals surface area contributed by atoms with Crippen molar-refractivity contribution in [3.63, 3.8) is 0 Å². The van der Waals surface area contributed by atoms with E-state index >= 15 is 0 Å². The minimum atomic E-state index is 0.433. The Morgan fingerprint density at radius 1 is 0.576 bits per heavy atom. The average Bonchev–Trinajstić information content (AvgIpc) is 3.23. The molecule has 2 heteroatoms. The minimum absolute atomic E-state index is 0.433. The molecule has 0 aliphatic rings. The van der Waals surface area contributed by atoms with Gasteiger partial charge in [0.15, 0.2) is 11.2 Å². The molecule has 0 bridgehead atoms. The van der Waals surface area contributed by atoms with Crippen LogP contribution in [0.5, 0.6) is 0 Å². The number of imidazole rings is 1. The normalized spacial score (nSPS) is 11.6. The fraction of sp³-hybridized carbons (Fsp3) is 0.194. The van der Waals surface area contributed by atoms with Gasteiger partial charge < -0.3 is 0 Å². The predicted molar refractivity (Wildman–Crippen MR) is 138 cm³/mol. The molecule has 0 fully saturated rings. The van der Waals surface area contributed by atoms with Gasteiger partial charge in [-0.15, -0.1) is 0 Å². The SMILES string of the molecule is CC(C)c1cccc(C(C)C)c1-[n+]1cn2ccccc2c1-c1ccc(-c2ccccc2)cc1. The summed E-state index contributed by atoms with van der Waals surface area (Å²) < 4.78 is 4.65. The van der Waals surface area contributed by atoms with E-state index < -0.39 is 0 Å². The van der Waals surface area contributed by atoms with Crippen LogP contribution >= 0.6 is 0 Å². The van der Waals surface area contributed by atoms with Gasteiger partial charge in [0.2, 0.25) is 0 Å². The standard InChI is InChI=1S/C31H31N2/c1-22(2)27-13-10-14-28(23(3)4)31(27)33-21-32-20-9-8-15-29(32)30(33)26-18-16-25(17-19-26)24-11-6-5-7-12-24/h5-23H,1-4H3/q+1. The molecular formula is C31H31N2+. The van der Waals surface area contributed by atoms with Gasteiger partial charge in [-0.25, -0.2) is 4.40 Å². The number of hydrogen-bond acceptors (Lipinski definition) is 0. The predicted octanol–water partition coefficient (Wildman–Crippen LogP) is 7.80. The largest absolute Gasteiger partial charge is 0.254 e. The molecule has 0 aliphatic heterocycles. The summed E-state index contributed by atoms with van der Waals surface area (Å²) in [5, 5.41) is 0. The van der Waals surface area contributed by atoms with Crippen molar-refractivity contribution in [3.8, 4) is 28.1 Å². The lowest BCUT2D eigenvalue weighted by Crippen LogP contribution is -2.34. The van der Waals surface area contributed by atoms with E-state index in [0.717, 1.165) is 0 Å². The summed E-state index contributed by atoms with van der Waals surface area (Å²) in [6, 6.07) is 32.8. The van der Waals surface area contributed by atoms with Crippen molar-refractivity contribution in [1.82, 2.24) is 4.40 Å². The molecule has 33 heavy (non-hydrogen) atoms. The summed E-state index contributed by atoms with van der Waals surface area (Å²) in [4.78, 5) is 0. The Bertz CT molecular complexity index is 1360. The molecule has 0 saturated heterocycles. The first-order valence-electron chi connectivity index (χ1n) is 11.8. The lowest BCUT2D eigenvalue weighted by atomic mass is 9.92. The van der Waals surface area contributed by atoms with Crippen LogP contribution in [0.25, 0.3) is 33.6 Å². The van der Waals surface area contributed by atoms with E-state index in [-0.39, 0.29) is 0 Å². The van der Waals surface area contributed by atoms with Gasteiger partial charge in [0, 0.05) is 16.7 Å². The fourth-order valence-electron chi connectivity index (χ4n) is 4.76. The number of rotatable bonds is 5. The third-order valence-corrected chi connectivity index (χ3v) is 6.46. The van der Waals surface area contributed by atoms with Gasteiger partial charge in [-0.3, -0.25) is 0 Å². The lowest BCUT2D eigenvalue weighted by Gasteiger charge is -2.17. The zero-order chi connectivity index (χ0) is 22.9. The Hall–Kier alpha value is -3.65. The van der Waals surface area contributed by atoms with Crippen LogP contribution in [0.1, 0.15) is 50.7 Å². The number of benzene rings is 3. The van der Waals surface area contributed by atoms with Crippen molar-refractivity contribution < 1.29 is 4.57 Å². The molecule has 2 aromatic heterocycles. The van der Waals surface area contributed by atoms with Crippen molar-refractivity contribution >= 4 is 5.52 Å². The molecule has 164 valence electrons. The number of nitrogens with zero attached hydrogens (tertiary/aromatic N) is 2. The highest BCUT2D eigenvalue weighted by Crippen LogP contribution is 2.32. The number of para-hydroxylation sites is 1. The third kappa shape index (κ3) is 3.87. The first-order chi connectivity index (χ1) is 16.0. The van der Waals surface area contributed by atoms with Crippen LogP contribution in [0.15, 0.2) is 104 Å². The van der Waals surface area contributed by atoms with Crippen LogP contribution in [0.4, 0.5) is 0 Å². The Morgan fingerprint density at radius 3 is 1.79 bits per heavy atom. The van der Waals surface area contributed by atoms with E-state index in [2.05, 4.69) is 140 Å². The maximum Gasteiger partial charge on any atom is 0.254 e. The van der Waals surface area contributed by atoms with Crippen molar-refractivity contribution in [2.75, 3.05) is 0 Å². The van der Waals surface area contributed by atoms with E-state index in [1.165, 1.54) is 44.7 Å². The van der Waals surface area contributed by atoms with Crippen molar-refractivity contribution in [3.05, 3.63) is 115 Å². The molecule has 0 saturated carbocycles. The summed E-state index contributed by atoms with van der Waals surface area (Å²) >= 11 is 0. The summed E-state index contributed by atoms with van der Waals surface area (Å²) in [5.74, 6) is 0.866. The molecule has 0 radical (unpaired) electrons. The van der Waals surface area contributed by atoms with Crippen LogP contribution in [-0.2, 0) is 0 Å². The number of hydrogen-bond donors (Lipinski definition) is 0. The van der Waals surface area contributed by atoms with E-state index in [1.807, 2.05) is 0 Å². The smallest absolute Gasteiger partial charge is 0.201 e. The maximum absolute atomic E-state index is 2.41. The number of fused-ring (bicyclic) bond motifs is 1. The van der Waals surface area contributed by atoms with Crippen LogP contribution < -0.4 is 4.57 Å². The van der Waals surface area contributed by atoms with Gasteiger partial charge in [0.05, 0.1) is 6.20 Å². The van der Waals surface area contributed by atoms with E-state index in [4.69, 9.17) is 0 Å². The summed E-state index contributed by atoms with van der Waals surface area (Å²) in [7, 11) is 0. The number of aromatic nitrogens is 2. The van der Waals surface area contributed by atoms with Gasteiger partial charge in [0.1, 0.15) is 5.69 Å². The molecule has 2 heterocycles. The van der Waals surface area contributed by atoms with Crippen LogP contribution in [-0.4, -0.2) is 4.40 Å². The molecule has 0 N–H and O–H groups in total. The Kier molecular flexibility index (Phi) is 5.60. The first kappa shape index (κ1) is 21.2. The molecule has 2 nitrogen and oxygen atoms in total. The molecular weight excluding hydrogens is 400 g/mol. The van der Waals surface area contributed by atoms with Crippen LogP contribution in [0.2, 0.25) is 0 Å². The van der Waals surface area contributed by atoms with Crippen molar-refractivity contribution in [2.24, 2.45) is 0 Å². The Balaban J connectivity index is 1.76. The number of pyridine rings is 1. The molecule has 0 atom stereocenters. The second-order valence-corrected chi connectivity index (χ2v) is 9.37. The first-order valence-corrected chi connectivity index (χ1v) is 11.8. The molecule has 3 aromatic carbocycles. The second kappa shape index (κ2) is 8.71. The molecule has 0 amide bonds. The molecule has 0 spiro atoms. The Morgan fingerprint density at radius 2 is 1.15 bits per heavy atom. The average molecular weight is 432 g/mol. The summed E-state index contributed by atoms with van der Waals surface area (Å²) in [6.07, 6.45) is 4.38. The topological polar surface area (TPSA) is 8.29 Å². The fourth-order valence-corrected chi connectivity index (χ4v) is 4.76. The molecule has 0 aliphatic carbocycles. The van der Waals surface area contributed by atoms with E-state index in [9.17, 15) is 0 Å². The Labute approximate surface area is 196 Å². The molecule has 5 aromatic rings. The highest BCUT2D eigenvalue weighted by atomic mass is 15.1. The lowest BCUT2D eigenvalue weighted by molar-refractivity contribution is -0.584. The van der Waals surface area contributed by atoms with E-state index in [1.54, 1.807) is 0 Å². The van der Waals surface area contributed by atoms with Crippen LogP contribution in [0.3, 0.4) is 0 Å². The van der Waals surface area contributed by atoms with Crippen molar-refractivity contribution in [1.29, 1.82) is 0 Å². The zero-order valence-electron chi connectivity index (χ0n) is 19.9. The van der Waals surface area contributed by atoms with Gasteiger partial charge in [-0.1, -0.05) is 94.4 Å².